The quantitative estimate of drug-likeness (QED) is 0.711. The number of piperidine rings is 1. The SMILES string of the molecule is O=C(O)c1cc2c(s1)C1(CCN(C(=O)c3ccc4ncnn4c3)CC1)OCC2. The van der Waals surface area contributed by atoms with Crippen molar-refractivity contribution >= 4 is 28.9 Å². The third-order valence-electron chi connectivity index (χ3n) is 5.56. The minimum atomic E-state index is -0.898. The van der Waals surface area contributed by atoms with Gasteiger partial charge in [0.25, 0.3) is 5.91 Å². The molecule has 0 aliphatic carbocycles. The largest absolute Gasteiger partial charge is 0.477 e. The van der Waals surface area contributed by atoms with Crippen LogP contribution in [0.1, 0.15) is 43.3 Å². The minimum Gasteiger partial charge on any atom is -0.477 e. The van der Waals surface area contributed by atoms with Crippen LogP contribution in [0.2, 0.25) is 0 Å². The highest BCUT2D eigenvalue weighted by Gasteiger charge is 2.43. The number of fused-ring (bicyclic) bond motifs is 3. The third kappa shape index (κ3) is 2.70. The fraction of sp³-hybridized carbons (Fsp3) is 0.368. The molecule has 2 aliphatic rings. The zero-order chi connectivity index (χ0) is 19.3. The lowest BCUT2D eigenvalue weighted by Crippen LogP contribution is -2.47. The van der Waals surface area contributed by atoms with Crippen molar-refractivity contribution in [3.8, 4) is 0 Å². The molecule has 1 fully saturated rings. The van der Waals surface area contributed by atoms with Gasteiger partial charge in [-0.3, -0.25) is 4.79 Å². The zero-order valence-corrected chi connectivity index (χ0v) is 15.8. The van der Waals surface area contributed by atoms with E-state index in [4.69, 9.17) is 4.74 Å². The molecule has 3 aromatic rings. The molecular weight excluding hydrogens is 380 g/mol. The second kappa shape index (κ2) is 6.39. The van der Waals surface area contributed by atoms with Gasteiger partial charge in [-0.2, -0.15) is 5.10 Å². The number of thiophene rings is 1. The Balaban J connectivity index is 1.36. The van der Waals surface area contributed by atoms with Crippen molar-refractivity contribution in [3.63, 3.8) is 0 Å². The monoisotopic (exact) mass is 398 g/mol. The number of likely N-dealkylation sites (tertiary alicyclic amines) is 1. The smallest absolute Gasteiger partial charge is 0.345 e. The molecule has 1 N–H and O–H groups in total. The first-order valence-corrected chi connectivity index (χ1v) is 9.96. The van der Waals surface area contributed by atoms with E-state index in [-0.39, 0.29) is 5.91 Å². The summed E-state index contributed by atoms with van der Waals surface area (Å²) in [5, 5.41) is 13.4. The molecule has 1 saturated heterocycles. The Labute approximate surface area is 164 Å². The van der Waals surface area contributed by atoms with Crippen LogP contribution in [0.5, 0.6) is 0 Å². The van der Waals surface area contributed by atoms with E-state index in [9.17, 15) is 14.7 Å². The summed E-state index contributed by atoms with van der Waals surface area (Å²) in [6.45, 7) is 1.71. The van der Waals surface area contributed by atoms with Crippen molar-refractivity contribution in [2.24, 2.45) is 0 Å². The predicted octanol–water partition coefficient (Wildman–Crippen LogP) is 2.19. The molecule has 5 heterocycles. The Morgan fingerprint density at radius 1 is 1.25 bits per heavy atom. The molecule has 0 radical (unpaired) electrons. The molecule has 28 heavy (non-hydrogen) atoms. The lowest BCUT2D eigenvalue weighted by Gasteiger charge is -2.43. The van der Waals surface area contributed by atoms with Gasteiger partial charge in [-0.1, -0.05) is 0 Å². The molecule has 0 atom stereocenters. The van der Waals surface area contributed by atoms with Crippen molar-refractivity contribution < 1.29 is 19.4 Å². The van der Waals surface area contributed by atoms with Gasteiger partial charge >= 0.3 is 5.97 Å². The van der Waals surface area contributed by atoms with Crippen LogP contribution in [0.25, 0.3) is 5.65 Å². The molecule has 0 aromatic carbocycles. The van der Waals surface area contributed by atoms with Crippen molar-refractivity contribution in [3.05, 3.63) is 51.6 Å². The number of hydrogen-bond acceptors (Lipinski definition) is 6. The number of carboxylic acid groups (broad SMARTS) is 1. The van der Waals surface area contributed by atoms with Crippen molar-refractivity contribution in [2.75, 3.05) is 19.7 Å². The number of rotatable bonds is 2. The summed E-state index contributed by atoms with van der Waals surface area (Å²) >= 11 is 1.31. The topological polar surface area (TPSA) is 97.0 Å². The van der Waals surface area contributed by atoms with E-state index in [1.54, 1.807) is 28.9 Å². The molecular formula is C19H18N4O4S. The fourth-order valence-electron chi connectivity index (χ4n) is 4.10. The first kappa shape index (κ1) is 17.3. The summed E-state index contributed by atoms with van der Waals surface area (Å²) in [5.74, 6) is -0.939. The van der Waals surface area contributed by atoms with Crippen LogP contribution in [-0.4, -0.2) is 56.2 Å². The van der Waals surface area contributed by atoms with Gasteiger partial charge in [-0.05, 0) is 43.0 Å². The van der Waals surface area contributed by atoms with Gasteiger partial charge in [-0.25, -0.2) is 14.3 Å². The highest BCUT2D eigenvalue weighted by molar-refractivity contribution is 7.14. The van der Waals surface area contributed by atoms with E-state index in [2.05, 4.69) is 10.1 Å². The number of amides is 1. The number of pyridine rings is 1. The van der Waals surface area contributed by atoms with Gasteiger partial charge in [0.15, 0.2) is 5.65 Å². The van der Waals surface area contributed by atoms with Crippen molar-refractivity contribution in [1.29, 1.82) is 0 Å². The second-order valence-corrected chi connectivity index (χ2v) is 8.19. The molecule has 8 nitrogen and oxygen atoms in total. The van der Waals surface area contributed by atoms with Gasteiger partial charge in [0.2, 0.25) is 0 Å². The van der Waals surface area contributed by atoms with E-state index < -0.39 is 11.6 Å². The summed E-state index contributed by atoms with van der Waals surface area (Å²) in [7, 11) is 0. The average molecular weight is 398 g/mol. The van der Waals surface area contributed by atoms with E-state index in [1.165, 1.54) is 17.7 Å². The molecule has 2 aliphatic heterocycles. The molecule has 9 heteroatoms. The van der Waals surface area contributed by atoms with Gasteiger partial charge < -0.3 is 14.7 Å². The number of ether oxygens (including phenoxy) is 1. The Bertz CT molecular complexity index is 1080. The van der Waals surface area contributed by atoms with Crippen LogP contribution >= 0.6 is 11.3 Å². The Kier molecular flexibility index (Phi) is 3.95. The van der Waals surface area contributed by atoms with Crippen molar-refractivity contribution in [1.82, 2.24) is 19.5 Å². The van der Waals surface area contributed by atoms with Gasteiger partial charge in [0.1, 0.15) is 16.8 Å². The lowest BCUT2D eigenvalue weighted by molar-refractivity contribution is -0.0906. The maximum absolute atomic E-state index is 12.9. The molecule has 3 aromatic heterocycles. The third-order valence-corrected chi connectivity index (χ3v) is 6.91. The fourth-order valence-corrected chi connectivity index (χ4v) is 5.35. The molecule has 0 saturated carbocycles. The molecule has 1 spiro atoms. The number of nitrogens with zero attached hydrogens (tertiary/aromatic N) is 4. The Morgan fingerprint density at radius 2 is 2.07 bits per heavy atom. The van der Waals surface area contributed by atoms with Gasteiger partial charge in [-0.15, -0.1) is 11.3 Å². The normalized spacial score (nSPS) is 18.4. The van der Waals surface area contributed by atoms with Crippen LogP contribution in [0, 0.1) is 0 Å². The van der Waals surface area contributed by atoms with Crippen LogP contribution in [0.15, 0.2) is 30.7 Å². The summed E-state index contributed by atoms with van der Waals surface area (Å²) in [6.07, 6.45) is 5.22. The Morgan fingerprint density at radius 3 is 2.86 bits per heavy atom. The number of carbonyl (C=O) groups excluding carboxylic acids is 1. The number of hydrogen-bond donors (Lipinski definition) is 1. The summed E-state index contributed by atoms with van der Waals surface area (Å²) in [5.41, 5.74) is 1.87. The van der Waals surface area contributed by atoms with Gasteiger partial charge in [0.05, 0.1) is 12.2 Å². The van der Waals surface area contributed by atoms with Crippen LogP contribution in [-0.2, 0) is 16.8 Å². The van der Waals surface area contributed by atoms with Crippen molar-refractivity contribution in [2.45, 2.75) is 24.9 Å². The minimum absolute atomic E-state index is 0.0410. The maximum atomic E-state index is 12.9. The van der Waals surface area contributed by atoms with E-state index in [0.717, 1.165) is 16.9 Å². The first-order valence-electron chi connectivity index (χ1n) is 9.15. The highest BCUT2D eigenvalue weighted by Crippen LogP contribution is 2.45. The van der Waals surface area contributed by atoms with Crippen LogP contribution < -0.4 is 0 Å². The van der Waals surface area contributed by atoms with E-state index >= 15 is 0 Å². The summed E-state index contributed by atoms with van der Waals surface area (Å²) in [4.78, 5) is 31.6. The molecule has 0 unspecified atom stereocenters. The Hall–Kier alpha value is -2.78. The average Bonchev–Trinajstić information content (AvgIpc) is 3.35. The van der Waals surface area contributed by atoms with E-state index in [1.807, 2.05) is 4.90 Å². The first-order chi connectivity index (χ1) is 13.6. The molecule has 5 rings (SSSR count). The number of aromatic nitrogens is 3. The summed E-state index contributed by atoms with van der Waals surface area (Å²) in [6, 6.07) is 5.32. The number of carbonyl (C=O) groups is 2. The number of aromatic carboxylic acids is 1. The second-order valence-electron chi connectivity index (χ2n) is 7.14. The highest BCUT2D eigenvalue weighted by atomic mass is 32.1. The lowest BCUT2D eigenvalue weighted by atomic mass is 9.85. The van der Waals surface area contributed by atoms with Crippen LogP contribution in [0.3, 0.4) is 0 Å². The van der Waals surface area contributed by atoms with Gasteiger partial charge in [0, 0.05) is 24.2 Å². The molecule has 0 bridgehead atoms. The molecule has 1 amide bonds. The zero-order valence-electron chi connectivity index (χ0n) is 15.0. The van der Waals surface area contributed by atoms with Crippen LogP contribution in [0.4, 0.5) is 0 Å². The standard InChI is InChI=1S/C19H18N4O4S/c24-17(13-1-2-15-20-11-21-23(15)10-13)22-6-4-19(5-7-22)16-12(3-8-27-19)9-14(28-16)18(25)26/h1-2,9-11H,3-8H2,(H,25,26). The predicted molar refractivity (Wildman–Crippen MR) is 101 cm³/mol. The summed E-state index contributed by atoms with van der Waals surface area (Å²) < 4.78 is 7.76. The number of carboxylic acids is 1. The molecule has 144 valence electrons. The van der Waals surface area contributed by atoms with E-state index in [0.29, 0.717) is 48.6 Å². The maximum Gasteiger partial charge on any atom is 0.345 e.